The van der Waals surface area contributed by atoms with Crippen molar-refractivity contribution in [3.63, 3.8) is 0 Å². The maximum absolute atomic E-state index is 12.7. The lowest BCUT2D eigenvalue weighted by molar-refractivity contribution is 0.179. The molecular formula is C12H10BrFOS. The third kappa shape index (κ3) is 2.70. The van der Waals surface area contributed by atoms with Gasteiger partial charge in [-0.25, -0.2) is 4.39 Å². The molecule has 1 aromatic carbocycles. The summed E-state index contributed by atoms with van der Waals surface area (Å²) in [6, 6.07) is 7.91. The number of halogens is 2. The zero-order valence-corrected chi connectivity index (χ0v) is 10.8. The molecule has 4 heteroatoms. The van der Waals surface area contributed by atoms with Gasteiger partial charge in [-0.2, -0.15) is 0 Å². The van der Waals surface area contributed by atoms with Gasteiger partial charge in [0.15, 0.2) is 0 Å². The van der Waals surface area contributed by atoms with Crippen LogP contribution in [0.2, 0.25) is 0 Å². The fourth-order valence-corrected chi connectivity index (χ4v) is 3.00. The second-order valence-corrected chi connectivity index (χ2v) is 5.32. The Bertz CT molecular complexity index is 466. The molecule has 0 saturated carbocycles. The third-order valence-electron chi connectivity index (χ3n) is 2.32. The SMILES string of the molecule is OC(Cc1sccc1Br)c1ccc(F)cc1. The molecule has 0 spiro atoms. The van der Waals surface area contributed by atoms with Gasteiger partial charge >= 0.3 is 0 Å². The van der Waals surface area contributed by atoms with Gasteiger partial charge in [-0.15, -0.1) is 11.3 Å². The highest BCUT2D eigenvalue weighted by Crippen LogP contribution is 2.28. The van der Waals surface area contributed by atoms with Crippen molar-refractivity contribution in [3.8, 4) is 0 Å². The first-order valence-corrected chi connectivity index (χ1v) is 6.49. The van der Waals surface area contributed by atoms with Crippen molar-refractivity contribution in [2.24, 2.45) is 0 Å². The fourth-order valence-electron chi connectivity index (χ4n) is 1.45. The summed E-state index contributed by atoms with van der Waals surface area (Å²) in [5, 5.41) is 11.9. The van der Waals surface area contributed by atoms with Crippen LogP contribution in [0.5, 0.6) is 0 Å². The number of hydrogen-bond donors (Lipinski definition) is 1. The molecule has 0 aliphatic rings. The van der Waals surface area contributed by atoms with Crippen LogP contribution in [0.3, 0.4) is 0 Å². The van der Waals surface area contributed by atoms with E-state index in [0.717, 1.165) is 14.9 Å². The van der Waals surface area contributed by atoms with E-state index in [-0.39, 0.29) is 5.82 Å². The highest BCUT2D eigenvalue weighted by atomic mass is 79.9. The smallest absolute Gasteiger partial charge is 0.123 e. The molecule has 2 aromatic rings. The van der Waals surface area contributed by atoms with Gasteiger partial charge in [0.1, 0.15) is 5.82 Å². The van der Waals surface area contributed by atoms with E-state index < -0.39 is 6.10 Å². The number of aliphatic hydroxyl groups is 1. The Kier molecular flexibility index (Phi) is 3.74. The first kappa shape index (κ1) is 11.8. The number of benzene rings is 1. The van der Waals surface area contributed by atoms with Gasteiger partial charge < -0.3 is 5.11 Å². The fraction of sp³-hybridized carbons (Fsp3) is 0.167. The molecule has 1 unspecified atom stereocenters. The van der Waals surface area contributed by atoms with Crippen LogP contribution in [-0.4, -0.2) is 5.11 Å². The first-order chi connectivity index (χ1) is 7.66. The minimum absolute atomic E-state index is 0.284. The van der Waals surface area contributed by atoms with Gasteiger partial charge in [0.05, 0.1) is 6.10 Å². The Morgan fingerprint density at radius 3 is 2.50 bits per heavy atom. The molecule has 16 heavy (non-hydrogen) atoms. The lowest BCUT2D eigenvalue weighted by Crippen LogP contribution is -2.00. The summed E-state index contributed by atoms with van der Waals surface area (Å²) < 4.78 is 13.7. The highest BCUT2D eigenvalue weighted by molar-refractivity contribution is 9.10. The summed E-state index contributed by atoms with van der Waals surface area (Å²) in [5.74, 6) is -0.284. The Labute approximate surface area is 106 Å². The summed E-state index contributed by atoms with van der Waals surface area (Å²) in [6.45, 7) is 0. The van der Waals surface area contributed by atoms with Crippen LogP contribution < -0.4 is 0 Å². The topological polar surface area (TPSA) is 20.2 Å². The second kappa shape index (κ2) is 5.08. The Morgan fingerprint density at radius 2 is 1.94 bits per heavy atom. The van der Waals surface area contributed by atoms with Gasteiger partial charge in [0.25, 0.3) is 0 Å². The molecule has 0 fully saturated rings. The molecule has 0 amide bonds. The molecule has 0 aliphatic heterocycles. The van der Waals surface area contributed by atoms with Gasteiger partial charge in [-0.3, -0.25) is 0 Å². The molecule has 2 rings (SSSR count). The number of aliphatic hydroxyl groups excluding tert-OH is 1. The number of rotatable bonds is 3. The van der Waals surface area contributed by atoms with E-state index in [1.165, 1.54) is 12.1 Å². The molecule has 0 radical (unpaired) electrons. The van der Waals surface area contributed by atoms with Crippen LogP contribution in [0.1, 0.15) is 16.5 Å². The van der Waals surface area contributed by atoms with Crippen molar-refractivity contribution in [2.75, 3.05) is 0 Å². The van der Waals surface area contributed by atoms with E-state index in [2.05, 4.69) is 15.9 Å². The van der Waals surface area contributed by atoms with Crippen LogP contribution in [0.4, 0.5) is 4.39 Å². The Balaban J connectivity index is 2.11. The molecule has 1 heterocycles. The normalized spacial score (nSPS) is 12.7. The highest BCUT2D eigenvalue weighted by Gasteiger charge is 2.11. The third-order valence-corrected chi connectivity index (χ3v) is 4.27. The van der Waals surface area contributed by atoms with Gasteiger partial charge in [-0.1, -0.05) is 12.1 Å². The number of thiophene rings is 1. The molecule has 1 nitrogen and oxygen atoms in total. The van der Waals surface area contributed by atoms with Crippen molar-refractivity contribution in [3.05, 3.63) is 56.4 Å². The molecule has 1 N–H and O–H groups in total. The van der Waals surface area contributed by atoms with Gasteiger partial charge in [-0.05, 0) is 45.1 Å². The minimum Gasteiger partial charge on any atom is -0.388 e. The van der Waals surface area contributed by atoms with Crippen LogP contribution in [0.25, 0.3) is 0 Å². The summed E-state index contributed by atoms with van der Waals surface area (Å²) in [7, 11) is 0. The maximum Gasteiger partial charge on any atom is 0.123 e. The van der Waals surface area contributed by atoms with Gasteiger partial charge in [0, 0.05) is 15.8 Å². The average Bonchev–Trinajstić information content (AvgIpc) is 2.65. The summed E-state index contributed by atoms with van der Waals surface area (Å²) >= 11 is 5.01. The average molecular weight is 301 g/mol. The Morgan fingerprint density at radius 1 is 1.25 bits per heavy atom. The quantitative estimate of drug-likeness (QED) is 0.911. The van der Waals surface area contributed by atoms with Crippen molar-refractivity contribution in [2.45, 2.75) is 12.5 Å². The predicted molar refractivity (Wildman–Crippen MR) is 67.1 cm³/mol. The second-order valence-electron chi connectivity index (χ2n) is 3.46. The molecule has 0 aliphatic carbocycles. The standard InChI is InChI=1S/C12H10BrFOS/c13-10-5-6-16-12(10)7-11(15)8-1-3-9(14)4-2-8/h1-6,11,15H,7H2. The number of hydrogen-bond acceptors (Lipinski definition) is 2. The van der Waals surface area contributed by atoms with E-state index in [4.69, 9.17) is 0 Å². The molecule has 0 bridgehead atoms. The van der Waals surface area contributed by atoms with E-state index >= 15 is 0 Å². The molecule has 1 atom stereocenters. The van der Waals surface area contributed by atoms with Crippen molar-refractivity contribution in [1.82, 2.24) is 0 Å². The zero-order valence-electron chi connectivity index (χ0n) is 8.36. The minimum atomic E-state index is -0.587. The van der Waals surface area contributed by atoms with E-state index in [0.29, 0.717) is 6.42 Å². The van der Waals surface area contributed by atoms with E-state index in [1.807, 2.05) is 11.4 Å². The monoisotopic (exact) mass is 300 g/mol. The van der Waals surface area contributed by atoms with Crippen molar-refractivity contribution >= 4 is 27.3 Å². The largest absolute Gasteiger partial charge is 0.388 e. The lowest BCUT2D eigenvalue weighted by atomic mass is 10.1. The predicted octanol–water partition coefficient (Wildman–Crippen LogP) is 3.93. The van der Waals surface area contributed by atoms with Crippen LogP contribution >= 0.6 is 27.3 Å². The summed E-state index contributed by atoms with van der Waals surface area (Å²) in [5.41, 5.74) is 0.738. The van der Waals surface area contributed by atoms with Crippen LogP contribution in [0.15, 0.2) is 40.2 Å². The summed E-state index contributed by atoms with van der Waals surface area (Å²) in [6.07, 6.45) is -0.0419. The first-order valence-electron chi connectivity index (χ1n) is 4.82. The molecule has 1 aromatic heterocycles. The van der Waals surface area contributed by atoms with Crippen molar-refractivity contribution in [1.29, 1.82) is 0 Å². The van der Waals surface area contributed by atoms with Gasteiger partial charge in [0.2, 0.25) is 0 Å². The molecule has 0 saturated heterocycles. The van der Waals surface area contributed by atoms with Crippen LogP contribution in [-0.2, 0) is 6.42 Å². The van der Waals surface area contributed by atoms with E-state index in [9.17, 15) is 9.50 Å². The summed E-state index contributed by atoms with van der Waals surface area (Å²) in [4.78, 5) is 1.09. The Hall–Kier alpha value is -0.710. The van der Waals surface area contributed by atoms with E-state index in [1.54, 1.807) is 23.5 Å². The maximum atomic E-state index is 12.7. The zero-order chi connectivity index (χ0) is 11.5. The van der Waals surface area contributed by atoms with Crippen LogP contribution in [0, 0.1) is 5.82 Å². The lowest BCUT2D eigenvalue weighted by Gasteiger charge is -2.09. The molecular weight excluding hydrogens is 291 g/mol. The molecule has 84 valence electrons. The van der Waals surface area contributed by atoms with Crippen molar-refractivity contribution < 1.29 is 9.50 Å².